The number of carbonyl (C=O) groups is 2. The molecule has 160 valence electrons. The van der Waals surface area contributed by atoms with Crippen molar-refractivity contribution >= 4 is 12.0 Å². The first kappa shape index (κ1) is 21.9. The van der Waals surface area contributed by atoms with Gasteiger partial charge in [-0.2, -0.15) is 0 Å². The molecule has 0 fully saturated rings. The summed E-state index contributed by atoms with van der Waals surface area (Å²) in [4.78, 5) is 22.2. The van der Waals surface area contributed by atoms with Crippen LogP contribution in [0.4, 0.5) is 4.79 Å². The molecule has 7 nitrogen and oxygen atoms in total. The number of hydrogen-bond donors (Lipinski definition) is 4. The van der Waals surface area contributed by atoms with Gasteiger partial charge in [0.2, 0.25) is 5.91 Å². The zero-order chi connectivity index (χ0) is 22.2. The van der Waals surface area contributed by atoms with Crippen LogP contribution in [0.3, 0.4) is 0 Å². The zero-order valence-corrected chi connectivity index (χ0v) is 16.8. The minimum absolute atomic E-state index is 0.111. The fraction of sp³-hybridized carbons (Fsp3) is 0.167. The number of benzene rings is 3. The average Bonchev–Trinajstić information content (AvgIpc) is 2.76. The molecule has 7 heteroatoms. The van der Waals surface area contributed by atoms with Gasteiger partial charge in [-0.25, -0.2) is 4.79 Å². The maximum Gasteiger partial charge on any atom is 0.405 e. The second-order valence-corrected chi connectivity index (χ2v) is 7.05. The Hall–Kier alpha value is -3.84. The molecule has 0 heterocycles. The summed E-state index contributed by atoms with van der Waals surface area (Å²) >= 11 is 0. The minimum Gasteiger partial charge on any atom is -0.489 e. The van der Waals surface area contributed by atoms with Crippen LogP contribution in [0.1, 0.15) is 22.7 Å². The Morgan fingerprint density at radius 1 is 0.968 bits per heavy atom. The molecule has 3 aromatic rings. The van der Waals surface area contributed by atoms with Crippen LogP contribution in [-0.2, 0) is 17.8 Å². The van der Waals surface area contributed by atoms with E-state index < -0.39 is 18.0 Å². The number of carbonyl (C=O) groups excluding carboxylic acids is 1. The molecule has 31 heavy (non-hydrogen) atoms. The predicted molar refractivity (Wildman–Crippen MR) is 117 cm³/mol. The first-order valence-electron chi connectivity index (χ1n) is 9.75. The van der Waals surface area contributed by atoms with Gasteiger partial charge in [0, 0.05) is 5.56 Å². The van der Waals surface area contributed by atoms with Crippen LogP contribution in [0.15, 0.2) is 72.8 Å². The van der Waals surface area contributed by atoms with Crippen LogP contribution in [-0.4, -0.2) is 28.8 Å². The molecule has 0 aliphatic carbocycles. The van der Waals surface area contributed by atoms with Gasteiger partial charge in [0.25, 0.3) is 0 Å². The number of hydrogen-bond acceptors (Lipinski definition) is 4. The lowest BCUT2D eigenvalue weighted by Crippen LogP contribution is -2.29. The van der Waals surface area contributed by atoms with Crippen molar-refractivity contribution in [3.8, 4) is 16.9 Å². The third-order valence-corrected chi connectivity index (χ3v) is 4.76. The van der Waals surface area contributed by atoms with E-state index in [0.29, 0.717) is 17.9 Å². The molecule has 0 radical (unpaired) electrons. The Kier molecular flexibility index (Phi) is 7.24. The van der Waals surface area contributed by atoms with Gasteiger partial charge in [0.15, 0.2) is 0 Å². The fourth-order valence-corrected chi connectivity index (χ4v) is 3.30. The fourth-order valence-electron chi connectivity index (χ4n) is 3.30. The molecule has 3 aromatic carbocycles. The van der Waals surface area contributed by atoms with Crippen molar-refractivity contribution in [3.05, 3.63) is 89.5 Å². The lowest BCUT2D eigenvalue weighted by Gasteiger charge is -2.16. The number of nitrogens with one attached hydrogen (secondary N) is 1. The van der Waals surface area contributed by atoms with Crippen molar-refractivity contribution in [3.63, 3.8) is 0 Å². The predicted octanol–water partition coefficient (Wildman–Crippen LogP) is 3.26. The van der Waals surface area contributed by atoms with Gasteiger partial charge in [-0.05, 0) is 40.5 Å². The monoisotopic (exact) mass is 420 g/mol. The highest BCUT2D eigenvalue weighted by Crippen LogP contribution is 2.25. The summed E-state index contributed by atoms with van der Waals surface area (Å²) in [5.74, 6) is 0.190. The smallest absolute Gasteiger partial charge is 0.405 e. The molecule has 0 aliphatic rings. The number of aliphatic hydroxyl groups is 1. The van der Waals surface area contributed by atoms with Crippen molar-refractivity contribution in [1.29, 1.82) is 0 Å². The van der Waals surface area contributed by atoms with E-state index in [2.05, 4.69) is 5.32 Å². The van der Waals surface area contributed by atoms with E-state index in [-0.39, 0.29) is 13.0 Å². The number of primary amides is 1. The second-order valence-electron chi connectivity index (χ2n) is 7.05. The summed E-state index contributed by atoms with van der Waals surface area (Å²) in [5, 5.41) is 20.8. The Bertz CT molecular complexity index is 1070. The van der Waals surface area contributed by atoms with Crippen LogP contribution in [0.25, 0.3) is 11.1 Å². The van der Waals surface area contributed by atoms with Gasteiger partial charge in [-0.3, -0.25) is 4.79 Å². The number of amides is 2. The molecule has 1 atom stereocenters. The summed E-state index contributed by atoms with van der Waals surface area (Å²) < 4.78 is 5.92. The average molecular weight is 420 g/mol. The molecular weight excluding hydrogens is 396 g/mol. The van der Waals surface area contributed by atoms with Gasteiger partial charge in [-0.15, -0.1) is 0 Å². The zero-order valence-electron chi connectivity index (χ0n) is 16.8. The van der Waals surface area contributed by atoms with E-state index in [9.17, 15) is 14.7 Å². The lowest BCUT2D eigenvalue weighted by molar-refractivity contribution is -0.117. The standard InChI is InChI=1S/C24H24N2O5/c25-23(28)13-20-6-1-2-10-22(20)31-15-16-5-3-7-17(11-16)18-8-4-9-19(12-18)21(14-27)26-24(29)30/h1-12,21,26-27H,13-15H2,(H2,25,28)(H,29,30). The molecule has 0 bridgehead atoms. The first-order valence-corrected chi connectivity index (χ1v) is 9.75. The molecule has 0 aliphatic heterocycles. The number of rotatable bonds is 9. The number of para-hydroxylation sites is 1. The van der Waals surface area contributed by atoms with Gasteiger partial charge >= 0.3 is 6.09 Å². The van der Waals surface area contributed by atoms with E-state index in [4.69, 9.17) is 15.6 Å². The summed E-state index contributed by atoms with van der Waals surface area (Å²) in [6.07, 6.45) is -1.08. The quantitative estimate of drug-likeness (QED) is 0.423. The highest BCUT2D eigenvalue weighted by atomic mass is 16.5. The highest BCUT2D eigenvalue weighted by Gasteiger charge is 2.14. The van der Waals surface area contributed by atoms with E-state index in [1.807, 2.05) is 60.7 Å². The maximum atomic E-state index is 11.3. The summed E-state index contributed by atoms with van der Waals surface area (Å²) in [7, 11) is 0. The molecular formula is C24H24N2O5. The third-order valence-electron chi connectivity index (χ3n) is 4.76. The van der Waals surface area contributed by atoms with E-state index in [1.54, 1.807) is 12.1 Å². The van der Waals surface area contributed by atoms with Gasteiger partial charge < -0.3 is 26.0 Å². The first-order chi connectivity index (χ1) is 15.0. The highest BCUT2D eigenvalue weighted by molar-refractivity contribution is 5.77. The van der Waals surface area contributed by atoms with Crippen molar-refractivity contribution in [2.24, 2.45) is 5.73 Å². The van der Waals surface area contributed by atoms with Crippen LogP contribution in [0.2, 0.25) is 0 Å². The van der Waals surface area contributed by atoms with Crippen molar-refractivity contribution in [2.75, 3.05) is 6.61 Å². The van der Waals surface area contributed by atoms with Crippen LogP contribution < -0.4 is 15.8 Å². The maximum absolute atomic E-state index is 11.3. The second kappa shape index (κ2) is 10.3. The number of nitrogens with two attached hydrogens (primary N) is 1. The Morgan fingerprint density at radius 3 is 2.39 bits per heavy atom. The molecule has 1 unspecified atom stereocenters. The summed E-state index contributed by atoms with van der Waals surface area (Å²) in [5.41, 5.74) is 9.46. The van der Waals surface area contributed by atoms with E-state index in [0.717, 1.165) is 22.3 Å². The SMILES string of the molecule is NC(=O)Cc1ccccc1OCc1cccc(-c2cccc(C(CO)NC(=O)O)c2)c1. The molecule has 5 N–H and O–H groups in total. The Morgan fingerprint density at radius 2 is 1.68 bits per heavy atom. The summed E-state index contributed by atoms with van der Waals surface area (Å²) in [6.45, 7) is -0.0303. The van der Waals surface area contributed by atoms with Gasteiger partial charge in [0.1, 0.15) is 12.4 Å². The minimum atomic E-state index is -1.19. The largest absolute Gasteiger partial charge is 0.489 e. The number of ether oxygens (including phenoxy) is 1. The van der Waals surface area contributed by atoms with Crippen LogP contribution in [0.5, 0.6) is 5.75 Å². The number of aliphatic hydroxyl groups excluding tert-OH is 1. The molecule has 3 rings (SSSR count). The molecule has 0 spiro atoms. The normalized spacial score (nSPS) is 11.5. The lowest BCUT2D eigenvalue weighted by atomic mass is 9.98. The van der Waals surface area contributed by atoms with Gasteiger partial charge in [0.05, 0.1) is 19.1 Å². The molecule has 0 saturated carbocycles. The molecule has 2 amide bonds. The van der Waals surface area contributed by atoms with E-state index >= 15 is 0 Å². The van der Waals surface area contributed by atoms with Crippen molar-refractivity contribution in [2.45, 2.75) is 19.1 Å². The topological polar surface area (TPSA) is 122 Å². The van der Waals surface area contributed by atoms with Crippen molar-refractivity contribution in [1.82, 2.24) is 5.32 Å². The van der Waals surface area contributed by atoms with E-state index in [1.165, 1.54) is 0 Å². The Labute approximate surface area is 180 Å². The Balaban J connectivity index is 1.78. The third kappa shape index (κ3) is 6.07. The molecule has 0 aromatic heterocycles. The molecule has 0 saturated heterocycles. The summed E-state index contributed by atoms with van der Waals surface area (Å²) in [6, 6.07) is 21.7. The number of carboxylic acid groups (broad SMARTS) is 1. The van der Waals surface area contributed by atoms with Crippen molar-refractivity contribution < 1.29 is 24.5 Å². The van der Waals surface area contributed by atoms with Gasteiger partial charge in [-0.1, -0.05) is 54.6 Å². The van der Waals surface area contributed by atoms with Crippen LogP contribution in [0, 0.1) is 0 Å². The van der Waals surface area contributed by atoms with Crippen LogP contribution >= 0.6 is 0 Å².